The fraction of sp³-hybridized carbons (Fsp3) is 0.438. The molecule has 3 aromatic rings. The molecule has 3 atom stereocenters. The third-order valence-electron chi connectivity index (χ3n) is 7.12. The van der Waals surface area contributed by atoms with E-state index < -0.39 is 0 Å². The lowest BCUT2D eigenvalue weighted by Gasteiger charge is -2.32. The summed E-state index contributed by atoms with van der Waals surface area (Å²) in [4.78, 5) is 0. The Morgan fingerprint density at radius 2 is 1.03 bits per heavy atom. The predicted molar refractivity (Wildman–Crippen MR) is 147 cm³/mol. The molecule has 3 saturated heterocycles. The summed E-state index contributed by atoms with van der Waals surface area (Å²) in [6.07, 6.45) is 0.698. The molecule has 0 aromatic heterocycles. The number of benzene rings is 3. The second-order valence-electron chi connectivity index (χ2n) is 9.95. The Kier molecular flexibility index (Phi) is 8.22. The molecular weight excluding hydrogens is 480 g/mol. The molecule has 3 unspecified atom stereocenters. The lowest BCUT2D eigenvalue weighted by atomic mass is 9.71. The summed E-state index contributed by atoms with van der Waals surface area (Å²) < 4.78 is 33.6. The second kappa shape index (κ2) is 11.8. The van der Waals surface area contributed by atoms with Crippen LogP contribution in [0.2, 0.25) is 0 Å². The van der Waals surface area contributed by atoms with Crippen LogP contribution in [-0.2, 0) is 19.6 Å². The van der Waals surface area contributed by atoms with Crippen LogP contribution < -0.4 is 14.2 Å². The van der Waals surface area contributed by atoms with Crippen molar-refractivity contribution in [1.29, 1.82) is 0 Å². The molecule has 6 nitrogen and oxygen atoms in total. The first kappa shape index (κ1) is 26.5. The summed E-state index contributed by atoms with van der Waals surface area (Å²) in [7, 11) is 0. The van der Waals surface area contributed by atoms with Crippen LogP contribution in [0.25, 0.3) is 0 Å². The molecule has 3 aliphatic rings. The molecule has 3 aliphatic heterocycles. The molecule has 6 heteroatoms. The topological polar surface area (TPSA) is 65.3 Å². The number of hydrogen-bond donors (Lipinski definition) is 0. The van der Waals surface area contributed by atoms with Crippen molar-refractivity contribution in [1.82, 2.24) is 0 Å². The van der Waals surface area contributed by atoms with E-state index in [1.54, 1.807) is 0 Å². The van der Waals surface area contributed by atoms with E-state index in [1.807, 2.05) is 38.1 Å². The largest absolute Gasteiger partial charge is 0.491 e. The number of aryl methyl sites for hydroxylation is 1. The fourth-order valence-electron chi connectivity index (χ4n) is 4.45. The molecule has 0 bridgehead atoms. The highest BCUT2D eigenvalue weighted by molar-refractivity contribution is 5.53. The van der Waals surface area contributed by atoms with Gasteiger partial charge in [0.05, 0.1) is 19.8 Å². The third-order valence-corrected chi connectivity index (χ3v) is 7.12. The van der Waals surface area contributed by atoms with Crippen molar-refractivity contribution in [2.75, 3.05) is 39.6 Å². The predicted octanol–water partition coefficient (Wildman–Crippen LogP) is 5.71. The van der Waals surface area contributed by atoms with E-state index in [-0.39, 0.29) is 23.7 Å². The number of hydrogen-bond acceptors (Lipinski definition) is 6. The second-order valence-corrected chi connectivity index (χ2v) is 9.95. The summed E-state index contributed by atoms with van der Waals surface area (Å²) >= 11 is 0. The van der Waals surface area contributed by atoms with E-state index >= 15 is 0 Å². The molecule has 0 N–H and O–H groups in total. The molecule has 0 saturated carbocycles. The van der Waals surface area contributed by atoms with Gasteiger partial charge in [0, 0.05) is 5.41 Å². The SMILES string of the molecule is CC.Cc1cc(C(C)(c2ccc(OCC3CO3)cc2)c2ccc(OCC3CO3)cc2)ccc1OCC1CO1. The Morgan fingerprint density at radius 1 is 0.632 bits per heavy atom. The Labute approximate surface area is 225 Å². The van der Waals surface area contributed by atoms with Gasteiger partial charge < -0.3 is 28.4 Å². The van der Waals surface area contributed by atoms with Gasteiger partial charge in [-0.2, -0.15) is 0 Å². The maximum Gasteiger partial charge on any atom is 0.122 e. The molecule has 0 spiro atoms. The summed E-state index contributed by atoms with van der Waals surface area (Å²) in [6, 6.07) is 23.3. The highest BCUT2D eigenvalue weighted by Crippen LogP contribution is 2.41. The maximum atomic E-state index is 6.00. The minimum absolute atomic E-state index is 0.230. The number of ether oxygens (including phenoxy) is 6. The lowest BCUT2D eigenvalue weighted by molar-refractivity contribution is 0.261. The van der Waals surface area contributed by atoms with Gasteiger partial charge in [0.15, 0.2) is 0 Å². The van der Waals surface area contributed by atoms with Gasteiger partial charge in [0.2, 0.25) is 0 Å². The summed E-state index contributed by atoms with van der Waals surface area (Å²) in [5.74, 6) is 2.60. The summed E-state index contributed by atoms with van der Waals surface area (Å²) in [5, 5.41) is 0. The lowest BCUT2D eigenvalue weighted by Crippen LogP contribution is -2.25. The van der Waals surface area contributed by atoms with Gasteiger partial charge >= 0.3 is 0 Å². The van der Waals surface area contributed by atoms with Crippen LogP contribution in [-0.4, -0.2) is 58.0 Å². The minimum atomic E-state index is -0.390. The highest BCUT2D eigenvalue weighted by atomic mass is 16.6. The number of rotatable bonds is 12. The van der Waals surface area contributed by atoms with Crippen molar-refractivity contribution in [2.24, 2.45) is 0 Å². The smallest absolute Gasteiger partial charge is 0.122 e. The quantitative estimate of drug-likeness (QED) is 0.226. The van der Waals surface area contributed by atoms with Crippen LogP contribution in [0.4, 0.5) is 0 Å². The third kappa shape index (κ3) is 6.49. The number of epoxide rings is 3. The van der Waals surface area contributed by atoms with E-state index in [4.69, 9.17) is 28.4 Å². The van der Waals surface area contributed by atoms with Gasteiger partial charge in [-0.3, -0.25) is 0 Å². The normalized spacial score (nSPS) is 22.4. The van der Waals surface area contributed by atoms with Crippen LogP contribution >= 0.6 is 0 Å². The van der Waals surface area contributed by atoms with E-state index in [0.717, 1.165) is 42.6 Å². The van der Waals surface area contributed by atoms with Crippen molar-refractivity contribution >= 4 is 0 Å². The fourth-order valence-corrected chi connectivity index (χ4v) is 4.45. The van der Waals surface area contributed by atoms with Gasteiger partial charge in [-0.25, -0.2) is 0 Å². The van der Waals surface area contributed by atoms with Crippen LogP contribution in [0, 0.1) is 6.92 Å². The van der Waals surface area contributed by atoms with Crippen molar-refractivity contribution in [3.05, 3.63) is 89.0 Å². The van der Waals surface area contributed by atoms with E-state index in [9.17, 15) is 0 Å². The van der Waals surface area contributed by atoms with Gasteiger partial charge in [-0.05, 0) is 66.4 Å². The molecule has 202 valence electrons. The van der Waals surface area contributed by atoms with Crippen molar-refractivity contribution < 1.29 is 28.4 Å². The maximum absolute atomic E-state index is 6.00. The summed E-state index contributed by atoms with van der Waals surface area (Å²) in [6.45, 7) is 12.5. The molecule has 0 amide bonds. The molecule has 38 heavy (non-hydrogen) atoms. The van der Waals surface area contributed by atoms with E-state index in [2.05, 4.69) is 56.3 Å². The zero-order valence-corrected chi connectivity index (χ0v) is 22.8. The highest BCUT2D eigenvalue weighted by Gasteiger charge is 2.32. The molecule has 6 rings (SSSR count). The Balaban J connectivity index is 0.00000144. The van der Waals surface area contributed by atoms with Crippen molar-refractivity contribution in [3.63, 3.8) is 0 Å². The molecule has 0 aliphatic carbocycles. The minimum Gasteiger partial charge on any atom is -0.491 e. The summed E-state index contributed by atoms with van der Waals surface area (Å²) in [5.41, 5.74) is 4.26. The van der Waals surface area contributed by atoms with Crippen LogP contribution in [0.15, 0.2) is 66.7 Å². The molecule has 3 heterocycles. The van der Waals surface area contributed by atoms with E-state index in [0.29, 0.717) is 19.8 Å². The van der Waals surface area contributed by atoms with Crippen molar-refractivity contribution in [3.8, 4) is 17.2 Å². The van der Waals surface area contributed by atoms with Gasteiger partial charge in [-0.15, -0.1) is 0 Å². The first-order chi connectivity index (χ1) is 18.6. The van der Waals surface area contributed by atoms with Gasteiger partial charge in [-0.1, -0.05) is 50.2 Å². The van der Waals surface area contributed by atoms with Gasteiger partial charge in [0.1, 0.15) is 55.4 Å². The Hall–Kier alpha value is -3.06. The standard InChI is InChI=1S/C30H32O6.C2H6/c1-20-13-23(7-12-29(20)36-19-28-18-35-28)30(2,21-3-8-24(9-4-21)31-14-26-16-33-26)22-5-10-25(11-6-22)32-15-27-17-34-27;1-2/h3-13,26-28H,14-19H2,1-2H3;1-2H3. The monoisotopic (exact) mass is 518 g/mol. The average Bonchev–Trinajstić information content (AvgIpc) is 3.81. The Morgan fingerprint density at radius 3 is 1.42 bits per heavy atom. The average molecular weight is 519 g/mol. The first-order valence-electron chi connectivity index (χ1n) is 13.6. The molecule has 3 fully saturated rings. The van der Waals surface area contributed by atoms with Crippen LogP contribution in [0.3, 0.4) is 0 Å². The molecule has 3 aromatic carbocycles. The molecular formula is C32H38O6. The van der Waals surface area contributed by atoms with Crippen LogP contribution in [0.5, 0.6) is 17.2 Å². The van der Waals surface area contributed by atoms with Crippen molar-refractivity contribution in [2.45, 2.75) is 51.4 Å². The van der Waals surface area contributed by atoms with E-state index in [1.165, 1.54) is 16.7 Å². The van der Waals surface area contributed by atoms with Gasteiger partial charge in [0.25, 0.3) is 0 Å². The van der Waals surface area contributed by atoms with Crippen LogP contribution in [0.1, 0.15) is 43.0 Å². The first-order valence-corrected chi connectivity index (χ1v) is 13.6. The zero-order chi connectivity index (χ0) is 26.5. The zero-order valence-electron chi connectivity index (χ0n) is 22.8. The molecule has 0 radical (unpaired) electrons. The Bertz CT molecular complexity index is 1120.